The average Bonchev–Trinajstić information content (AvgIpc) is 2.75. The molecule has 1 N–H and O–H groups in total. The van der Waals surface area contributed by atoms with Gasteiger partial charge >= 0.3 is 0 Å². The van der Waals surface area contributed by atoms with Gasteiger partial charge < -0.3 is 15.1 Å². The fourth-order valence-electron chi connectivity index (χ4n) is 2.52. The molecular weight excluding hydrogens is 635 g/mol. The number of aromatic nitrogens is 2. The van der Waals surface area contributed by atoms with E-state index < -0.39 is 23.3 Å². The van der Waals surface area contributed by atoms with E-state index in [9.17, 15) is 17.6 Å². The molecule has 4 aromatic rings. The van der Waals surface area contributed by atoms with Crippen LogP contribution in [0.5, 0.6) is 5.75 Å². The molecule has 1 radical (unpaired) electrons. The number of rotatable bonds is 3. The first-order valence-electron chi connectivity index (χ1n) is 8.80. The first kappa shape index (κ1) is 26.0. The van der Waals surface area contributed by atoms with Crippen LogP contribution in [0.4, 0.5) is 23.2 Å². The van der Waals surface area contributed by atoms with Crippen LogP contribution < -0.4 is 0 Å². The van der Waals surface area contributed by atoms with E-state index in [1.165, 1.54) is 30.6 Å². The van der Waals surface area contributed by atoms with Crippen LogP contribution in [0.25, 0.3) is 22.5 Å². The molecule has 0 bridgehead atoms. The summed E-state index contributed by atoms with van der Waals surface area (Å²) in [6.45, 7) is 0. The van der Waals surface area contributed by atoms with Crippen LogP contribution >= 0.6 is 12.2 Å². The quantitative estimate of drug-likeness (QED) is 0.127. The number of benzene rings is 2. The molecule has 0 amide bonds. The Labute approximate surface area is 205 Å². The summed E-state index contributed by atoms with van der Waals surface area (Å²) in [5, 5.41) is 11.4. The Morgan fingerprint density at radius 3 is 1.82 bits per heavy atom. The normalized spacial score (nSPS) is 9.70. The van der Waals surface area contributed by atoms with Gasteiger partial charge in [-0.25, -0.2) is 0 Å². The maximum absolute atomic E-state index is 13.5. The molecule has 0 saturated heterocycles. The molecule has 2 aromatic heterocycles. The van der Waals surface area contributed by atoms with Gasteiger partial charge in [-0.15, -0.1) is 24.3 Å². The van der Waals surface area contributed by atoms with Crippen LogP contribution in [0.3, 0.4) is 0 Å². The van der Waals surface area contributed by atoms with Crippen molar-refractivity contribution in [3.05, 3.63) is 96.3 Å². The van der Waals surface area contributed by atoms with Crippen LogP contribution in [0.2, 0.25) is 0 Å². The number of hydrogen-bond donors (Lipinski definition) is 1. The smallest absolute Gasteiger partial charge is 0.110 e. The number of hydrogen-bond acceptors (Lipinski definition) is 5. The zero-order valence-corrected chi connectivity index (χ0v) is 19.5. The molecule has 0 atom stereocenters. The van der Waals surface area contributed by atoms with E-state index in [4.69, 9.17) is 5.11 Å². The summed E-state index contributed by atoms with van der Waals surface area (Å²) in [7, 11) is 0. The van der Waals surface area contributed by atoms with Crippen molar-refractivity contribution in [1.82, 2.24) is 9.97 Å². The second-order valence-corrected chi connectivity index (χ2v) is 6.27. The van der Waals surface area contributed by atoms with Gasteiger partial charge in [0.15, 0.2) is 0 Å². The Kier molecular flexibility index (Phi) is 9.51. The Morgan fingerprint density at radius 2 is 1.33 bits per heavy atom. The molecule has 0 aliphatic rings. The number of aromatic hydroxyl groups is 1. The van der Waals surface area contributed by atoms with Gasteiger partial charge in [0, 0.05) is 55.8 Å². The number of aliphatic imine (C=N–C) groups is 1. The Morgan fingerprint density at radius 1 is 0.818 bits per heavy atom. The minimum Gasteiger partial charge on any atom is -0.509 e. The van der Waals surface area contributed by atoms with Gasteiger partial charge in [-0.1, -0.05) is 29.3 Å². The number of nitrogens with zero attached hydrogens (tertiary/aromatic N) is 3. The van der Waals surface area contributed by atoms with Crippen molar-refractivity contribution in [3.8, 4) is 28.3 Å². The summed E-state index contributed by atoms with van der Waals surface area (Å²) in [6.07, 6.45) is 2.79. The second-order valence-electron chi connectivity index (χ2n) is 6.08. The summed E-state index contributed by atoms with van der Waals surface area (Å²) < 4.78 is 52.1. The van der Waals surface area contributed by atoms with Gasteiger partial charge in [0.2, 0.25) is 0 Å². The van der Waals surface area contributed by atoms with E-state index >= 15 is 0 Å². The zero-order valence-electron chi connectivity index (χ0n) is 16.3. The van der Waals surface area contributed by atoms with Gasteiger partial charge in [0.05, 0.1) is 10.8 Å². The molecule has 169 valence electrons. The number of pyridine rings is 2. The fourth-order valence-corrected chi connectivity index (χ4v) is 2.62. The van der Waals surface area contributed by atoms with Crippen molar-refractivity contribution >= 4 is 23.1 Å². The van der Waals surface area contributed by atoms with Crippen molar-refractivity contribution in [2.75, 3.05) is 0 Å². The molecule has 0 aliphatic carbocycles. The molecular formula is C23H11F4IrN3OS-2. The molecule has 0 unspecified atom stereocenters. The standard InChI is InChI=1S/C12H5F2N2S.C11H6F2NO.Ir/c13-8-1-2-10(11(14)5-8)12-6-9(16-7-17)3-4-15-12;12-7-1-2-9(10(13)5-7)11-6-8(15)3-4-14-11;/h1,3-6H;1,3-6H,(H,14,15);/q2*-1;. The van der Waals surface area contributed by atoms with Gasteiger partial charge in [0.25, 0.3) is 0 Å². The van der Waals surface area contributed by atoms with Crippen LogP contribution in [-0.4, -0.2) is 20.2 Å². The van der Waals surface area contributed by atoms with E-state index in [0.717, 1.165) is 24.3 Å². The van der Waals surface area contributed by atoms with Crippen molar-refractivity contribution in [2.45, 2.75) is 0 Å². The maximum atomic E-state index is 13.5. The molecule has 0 aliphatic heterocycles. The van der Waals surface area contributed by atoms with Crippen LogP contribution in [0, 0.1) is 35.4 Å². The van der Waals surface area contributed by atoms with E-state index in [1.54, 1.807) is 6.07 Å². The third-order valence-corrected chi connectivity index (χ3v) is 3.98. The summed E-state index contributed by atoms with van der Waals surface area (Å²) in [5.74, 6) is -2.89. The van der Waals surface area contributed by atoms with E-state index in [1.807, 2.05) is 0 Å². The average molecular weight is 646 g/mol. The summed E-state index contributed by atoms with van der Waals surface area (Å²) in [5.41, 5.74) is 1.16. The predicted octanol–water partition coefficient (Wildman–Crippen LogP) is 6.09. The SMILES string of the molecule is Fc1c[c-]c(-c2cc(N=C=S)ccn2)c(F)c1.Oc1ccnc(-c2[c-]cc(F)cc2F)c1.[Ir]. The maximum Gasteiger partial charge on any atom is 0.110 e. The third kappa shape index (κ3) is 7.10. The van der Waals surface area contributed by atoms with Crippen molar-refractivity contribution in [1.29, 1.82) is 0 Å². The zero-order chi connectivity index (χ0) is 23.1. The number of thiocarbonyl (C=S) groups is 1. The molecule has 33 heavy (non-hydrogen) atoms. The van der Waals surface area contributed by atoms with Crippen LogP contribution in [0.15, 0.2) is 65.9 Å². The van der Waals surface area contributed by atoms with Gasteiger partial charge in [-0.2, -0.15) is 4.99 Å². The van der Waals surface area contributed by atoms with Crippen molar-refractivity contribution in [3.63, 3.8) is 0 Å². The third-order valence-electron chi connectivity index (χ3n) is 3.89. The minimum atomic E-state index is -0.756. The molecule has 0 fully saturated rings. The van der Waals surface area contributed by atoms with Gasteiger partial charge in [-0.05, 0) is 41.8 Å². The topological polar surface area (TPSA) is 58.4 Å². The van der Waals surface area contributed by atoms with Crippen LogP contribution in [-0.2, 0) is 20.1 Å². The molecule has 2 heterocycles. The molecule has 0 spiro atoms. The molecule has 10 heteroatoms. The van der Waals surface area contributed by atoms with Crippen molar-refractivity contribution in [2.24, 2.45) is 4.99 Å². The number of halogens is 4. The molecule has 0 saturated carbocycles. The Hall–Kier alpha value is -3.29. The van der Waals surface area contributed by atoms with Gasteiger partial charge in [-0.3, -0.25) is 17.6 Å². The molecule has 4 nitrogen and oxygen atoms in total. The van der Waals surface area contributed by atoms with Gasteiger partial charge in [0.1, 0.15) is 5.75 Å². The van der Waals surface area contributed by atoms with E-state index in [-0.39, 0.29) is 42.7 Å². The number of isothiocyanates is 1. The summed E-state index contributed by atoms with van der Waals surface area (Å²) in [4.78, 5) is 11.6. The Bertz CT molecular complexity index is 1320. The minimum absolute atomic E-state index is 0. The largest absolute Gasteiger partial charge is 0.509 e. The van der Waals surface area contributed by atoms with Crippen molar-refractivity contribution < 1.29 is 42.8 Å². The second kappa shape index (κ2) is 12.1. The monoisotopic (exact) mass is 646 g/mol. The first-order valence-corrected chi connectivity index (χ1v) is 9.21. The predicted molar refractivity (Wildman–Crippen MR) is 113 cm³/mol. The fraction of sp³-hybridized carbons (Fsp3) is 0. The Balaban J connectivity index is 0.000000228. The summed E-state index contributed by atoms with van der Waals surface area (Å²) >= 11 is 4.47. The van der Waals surface area contributed by atoms with E-state index in [0.29, 0.717) is 11.4 Å². The van der Waals surface area contributed by atoms with Crippen LogP contribution in [0.1, 0.15) is 0 Å². The molecule has 2 aromatic carbocycles. The first-order chi connectivity index (χ1) is 15.4. The molecule has 4 rings (SSSR count). The van der Waals surface area contributed by atoms with E-state index in [2.05, 4.69) is 44.5 Å². The summed E-state index contributed by atoms with van der Waals surface area (Å²) in [6, 6.07) is 14.3.